The van der Waals surface area contributed by atoms with Gasteiger partial charge in [-0.15, -0.1) is 0 Å². The van der Waals surface area contributed by atoms with Crippen molar-refractivity contribution < 1.29 is 9.53 Å². The van der Waals surface area contributed by atoms with E-state index in [4.69, 9.17) is 10.5 Å². The molecular formula is C13H18N2O2. The van der Waals surface area contributed by atoms with Gasteiger partial charge < -0.3 is 10.5 Å². The fourth-order valence-electron chi connectivity index (χ4n) is 2.12. The highest BCUT2D eigenvalue weighted by atomic mass is 16.6. The van der Waals surface area contributed by atoms with Crippen molar-refractivity contribution in [1.82, 2.24) is 4.90 Å². The number of nitrogens with two attached hydrogens (primary N) is 1. The molecule has 2 N–H and O–H groups in total. The van der Waals surface area contributed by atoms with E-state index in [9.17, 15) is 4.79 Å². The summed E-state index contributed by atoms with van der Waals surface area (Å²) in [5, 5.41) is 0. The number of carbonyl (C=O) groups is 1. The maximum Gasteiger partial charge on any atom is 0.410 e. The van der Waals surface area contributed by atoms with Crippen LogP contribution in [0.5, 0.6) is 0 Å². The molecule has 0 spiro atoms. The molecule has 1 amide bonds. The first-order valence-corrected chi connectivity index (χ1v) is 5.83. The lowest BCUT2D eigenvalue weighted by Gasteiger charge is -2.23. The molecule has 4 nitrogen and oxygen atoms in total. The van der Waals surface area contributed by atoms with Crippen LogP contribution in [0.1, 0.15) is 24.1 Å². The molecule has 1 aromatic carbocycles. The molecule has 0 saturated carbocycles. The zero-order chi connectivity index (χ0) is 12.4. The van der Waals surface area contributed by atoms with Crippen molar-refractivity contribution in [2.45, 2.75) is 25.9 Å². The number of aryl methyl sites for hydroxylation is 1. The van der Waals surface area contributed by atoms with Gasteiger partial charge in [0, 0.05) is 12.6 Å². The Morgan fingerprint density at radius 2 is 2.35 bits per heavy atom. The third-order valence-electron chi connectivity index (χ3n) is 2.89. The van der Waals surface area contributed by atoms with Gasteiger partial charge in [-0.25, -0.2) is 4.79 Å². The maximum atomic E-state index is 11.6. The molecule has 17 heavy (non-hydrogen) atoms. The first-order chi connectivity index (χ1) is 8.08. The van der Waals surface area contributed by atoms with Crippen LogP contribution in [0.2, 0.25) is 0 Å². The first-order valence-electron chi connectivity index (χ1n) is 5.83. The maximum absolute atomic E-state index is 11.6. The Hall–Kier alpha value is -1.55. The quantitative estimate of drug-likeness (QED) is 0.868. The fourth-order valence-corrected chi connectivity index (χ4v) is 2.12. The van der Waals surface area contributed by atoms with Crippen molar-refractivity contribution in [3.8, 4) is 0 Å². The minimum Gasteiger partial charge on any atom is -0.447 e. The summed E-state index contributed by atoms with van der Waals surface area (Å²) >= 11 is 0. The van der Waals surface area contributed by atoms with Crippen LogP contribution in [0.15, 0.2) is 24.3 Å². The average molecular weight is 234 g/mol. The van der Waals surface area contributed by atoms with Crippen LogP contribution in [0.25, 0.3) is 0 Å². The normalized spacial score (nSPS) is 21.5. The lowest BCUT2D eigenvalue weighted by Crippen LogP contribution is -2.37. The third-order valence-corrected chi connectivity index (χ3v) is 2.89. The summed E-state index contributed by atoms with van der Waals surface area (Å²) in [6.45, 7) is 4.86. The summed E-state index contributed by atoms with van der Waals surface area (Å²) in [6, 6.07) is 8.09. The number of hydrogen-bond donors (Lipinski definition) is 1. The Morgan fingerprint density at radius 1 is 1.59 bits per heavy atom. The van der Waals surface area contributed by atoms with E-state index in [1.165, 1.54) is 5.56 Å². The Kier molecular flexibility index (Phi) is 3.33. The number of carbonyl (C=O) groups excluding carboxylic acids is 1. The summed E-state index contributed by atoms with van der Waals surface area (Å²) in [4.78, 5) is 13.3. The highest BCUT2D eigenvalue weighted by Crippen LogP contribution is 2.27. The van der Waals surface area contributed by atoms with E-state index < -0.39 is 0 Å². The number of rotatable bonds is 3. The van der Waals surface area contributed by atoms with Gasteiger partial charge in [0.1, 0.15) is 6.61 Å². The SMILES string of the molecule is Cc1cccc(C2COC(=O)N2CC(C)N)c1. The van der Waals surface area contributed by atoms with E-state index in [2.05, 4.69) is 6.07 Å². The highest BCUT2D eigenvalue weighted by Gasteiger charge is 2.34. The monoisotopic (exact) mass is 234 g/mol. The van der Waals surface area contributed by atoms with Gasteiger partial charge in [0.2, 0.25) is 0 Å². The smallest absolute Gasteiger partial charge is 0.410 e. The van der Waals surface area contributed by atoms with Crippen molar-refractivity contribution in [2.75, 3.05) is 13.2 Å². The summed E-state index contributed by atoms with van der Waals surface area (Å²) < 4.78 is 5.10. The van der Waals surface area contributed by atoms with Gasteiger partial charge in [-0.05, 0) is 19.4 Å². The first kappa shape index (κ1) is 11.9. The average Bonchev–Trinajstić information content (AvgIpc) is 2.60. The van der Waals surface area contributed by atoms with Crippen LogP contribution >= 0.6 is 0 Å². The molecule has 92 valence electrons. The molecule has 1 saturated heterocycles. The molecule has 2 atom stereocenters. The molecular weight excluding hydrogens is 216 g/mol. The van der Waals surface area contributed by atoms with E-state index in [1.54, 1.807) is 4.90 Å². The van der Waals surface area contributed by atoms with Crippen LogP contribution in [0.4, 0.5) is 4.79 Å². The standard InChI is InChI=1S/C13H18N2O2/c1-9-4-3-5-11(6-9)12-8-17-13(16)15(12)7-10(2)14/h3-6,10,12H,7-8,14H2,1-2H3. The van der Waals surface area contributed by atoms with E-state index >= 15 is 0 Å². The predicted octanol–water partition coefficient (Wildman–Crippen LogP) is 1.84. The molecule has 0 aliphatic carbocycles. The van der Waals surface area contributed by atoms with Crippen molar-refractivity contribution in [1.29, 1.82) is 0 Å². The molecule has 1 aliphatic rings. The van der Waals surface area contributed by atoms with Crippen LogP contribution < -0.4 is 5.73 Å². The van der Waals surface area contributed by atoms with Crippen LogP contribution in [0, 0.1) is 6.92 Å². The van der Waals surface area contributed by atoms with E-state index in [1.807, 2.05) is 32.0 Å². The number of hydrogen-bond acceptors (Lipinski definition) is 3. The summed E-state index contributed by atoms with van der Waals surface area (Å²) in [7, 11) is 0. The predicted molar refractivity (Wildman–Crippen MR) is 65.6 cm³/mol. The molecule has 1 heterocycles. The lowest BCUT2D eigenvalue weighted by atomic mass is 10.0. The van der Waals surface area contributed by atoms with Gasteiger partial charge in [0.25, 0.3) is 0 Å². The van der Waals surface area contributed by atoms with Gasteiger partial charge in [-0.3, -0.25) is 4.90 Å². The van der Waals surface area contributed by atoms with Gasteiger partial charge in [-0.1, -0.05) is 29.8 Å². The summed E-state index contributed by atoms with van der Waals surface area (Å²) in [5.74, 6) is 0. The van der Waals surface area contributed by atoms with Gasteiger partial charge in [-0.2, -0.15) is 0 Å². The minimum atomic E-state index is -0.270. The highest BCUT2D eigenvalue weighted by molar-refractivity contribution is 5.70. The van der Waals surface area contributed by atoms with Crippen LogP contribution in [0.3, 0.4) is 0 Å². The van der Waals surface area contributed by atoms with E-state index in [0.29, 0.717) is 13.2 Å². The molecule has 0 radical (unpaired) electrons. The Morgan fingerprint density at radius 3 is 3.00 bits per heavy atom. The molecule has 4 heteroatoms. The van der Waals surface area contributed by atoms with Crippen molar-refractivity contribution in [3.63, 3.8) is 0 Å². The van der Waals surface area contributed by atoms with E-state index in [0.717, 1.165) is 5.56 Å². The van der Waals surface area contributed by atoms with Crippen LogP contribution in [-0.2, 0) is 4.74 Å². The van der Waals surface area contributed by atoms with Gasteiger partial charge in [0.15, 0.2) is 0 Å². The Bertz CT molecular complexity index is 418. The second-order valence-electron chi connectivity index (χ2n) is 4.64. The third kappa shape index (κ3) is 2.58. The molecule has 1 fully saturated rings. The number of nitrogens with zero attached hydrogens (tertiary/aromatic N) is 1. The summed E-state index contributed by atoms with van der Waals surface area (Å²) in [6.07, 6.45) is -0.270. The minimum absolute atomic E-state index is 0.00611. The molecule has 2 unspecified atom stereocenters. The molecule has 0 bridgehead atoms. The number of benzene rings is 1. The van der Waals surface area contributed by atoms with Gasteiger partial charge >= 0.3 is 6.09 Å². The van der Waals surface area contributed by atoms with Crippen molar-refractivity contribution >= 4 is 6.09 Å². The molecule has 0 aromatic heterocycles. The van der Waals surface area contributed by atoms with Crippen molar-refractivity contribution in [2.24, 2.45) is 5.73 Å². The van der Waals surface area contributed by atoms with Crippen molar-refractivity contribution in [3.05, 3.63) is 35.4 Å². The molecule has 1 aliphatic heterocycles. The number of amides is 1. The molecule has 1 aromatic rings. The lowest BCUT2D eigenvalue weighted by molar-refractivity contribution is 0.156. The zero-order valence-electron chi connectivity index (χ0n) is 10.2. The molecule has 2 rings (SSSR count). The van der Waals surface area contributed by atoms with E-state index in [-0.39, 0.29) is 18.2 Å². The second-order valence-corrected chi connectivity index (χ2v) is 4.64. The number of cyclic esters (lactones) is 1. The largest absolute Gasteiger partial charge is 0.447 e. The topological polar surface area (TPSA) is 55.6 Å². The fraction of sp³-hybridized carbons (Fsp3) is 0.462. The zero-order valence-corrected chi connectivity index (χ0v) is 10.2. The Balaban J connectivity index is 2.22. The Labute approximate surface area is 101 Å². The second kappa shape index (κ2) is 4.75. The van der Waals surface area contributed by atoms with Gasteiger partial charge in [0.05, 0.1) is 6.04 Å². The summed E-state index contributed by atoms with van der Waals surface area (Å²) in [5.41, 5.74) is 8.05. The van der Waals surface area contributed by atoms with Crippen LogP contribution in [-0.4, -0.2) is 30.2 Å². The number of ether oxygens (including phenoxy) is 1.